The van der Waals surface area contributed by atoms with Crippen LogP contribution < -0.4 is 14.8 Å². The Morgan fingerprint density at radius 2 is 1.67 bits per heavy atom. The fourth-order valence-corrected chi connectivity index (χ4v) is 5.60. The summed E-state index contributed by atoms with van der Waals surface area (Å²) in [6, 6.07) is 14.1. The Kier molecular flexibility index (Phi) is 9.91. The summed E-state index contributed by atoms with van der Waals surface area (Å²) in [6.45, 7) is 0.714. The highest BCUT2D eigenvalue weighted by molar-refractivity contribution is 6.42. The normalized spacial score (nSPS) is 16.9. The number of hydrogen-bond acceptors (Lipinski definition) is 5. The van der Waals surface area contributed by atoms with Gasteiger partial charge in [0.15, 0.2) is 11.6 Å². The zero-order valence-electron chi connectivity index (χ0n) is 22.5. The Morgan fingerprint density at radius 3 is 2.38 bits per heavy atom. The molecule has 0 radical (unpaired) electrons. The molecule has 3 aromatic carbocycles. The molecule has 0 bridgehead atoms. The second kappa shape index (κ2) is 13.6. The van der Waals surface area contributed by atoms with Gasteiger partial charge in [-0.05, 0) is 72.8 Å². The van der Waals surface area contributed by atoms with Crippen molar-refractivity contribution in [1.82, 2.24) is 10.2 Å². The number of carbonyl (C=O) groups is 1. The lowest BCUT2D eigenvalue weighted by Crippen LogP contribution is -2.46. The van der Waals surface area contributed by atoms with E-state index in [9.17, 15) is 18.7 Å². The molecule has 0 saturated heterocycles. The van der Waals surface area contributed by atoms with Gasteiger partial charge in [-0.2, -0.15) is 0 Å². The highest BCUT2D eigenvalue weighted by Crippen LogP contribution is 2.36. The number of hydrogen-bond donors (Lipinski definition) is 2. The van der Waals surface area contributed by atoms with Gasteiger partial charge < -0.3 is 24.8 Å². The quantitative estimate of drug-likeness (QED) is 0.181. The second-order valence-electron chi connectivity index (χ2n) is 10.1. The van der Waals surface area contributed by atoms with E-state index in [1.807, 2.05) is 29.2 Å². The molecule has 5 rings (SSSR count). The smallest absolute Gasteiger partial charge is 0.252 e. The van der Waals surface area contributed by atoms with Crippen LogP contribution >= 0.6 is 34.8 Å². The molecule has 1 saturated carbocycles. The van der Waals surface area contributed by atoms with E-state index in [2.05, 4.69) is 5.32 Å². The van der Waals surface area contributed by atoms with Crippen LogP contribution in [0.15, 0.2) is 60.2 Å². The van der Waals surface area contributed by atoms with Gasteiger partial charge in [0.1, 0.15) is 29.8 Å². The monoisotopic (exact) mass is 636 g/mol. The predicted octanol–water partition coefficient (Wildman–Crippen LogP) is 6.68. The summed E-state index contributed by atoms with van der Waals surface area (Å²) in [5.41, 5.74) is 2.99. The zero-order chi connectivity index (χ0) is 29.8. The Bertz CT molecular complexity index is 1480. The summed E-state index contributed by atoms with van der Waals surface area (Å²) in [5, 5.41) is 13.9. The first-order chi connectivity index (χ1) is 20.3. The van der Waals surface area contributed by atoms with Gasteiger partial charge >= 0.3 is 0 Å². The highest BCUT2D eigenvalue weighted by atomic mass is 35.5. The molecule has 222 valence electrons. The average molecular weight is 638 g/mol. The molecule has 6 nitrogen and oxygen atoms in total. The first-order valence-electron chi connectivity index (χ1n) is 13.6. The third-order valence-electron chi connectivity index (χ3n) is 7.28. The van der Waals surface area contributed by atoms with E-state index in [1.165, 1.54) is 0 Å². The summed E-state index contributed by atoms with van der Waals surface area (Å²) in [7, 11) is 0. The molecule has 1 amide bonds. The zero-order valence-corrected chi connectivity index (χ0v) is 24.8. The van der Waals surface area contributed by atoms with Crippen LogP contribution in [0, 0.1) is 11.6 Å². The number of halogens is 5. The van der Waals surface area contributed by atoms with Crippen molar-refractivity contribution in [3.8, 4) is 11.5 Å². The second-order valence-corrected chi connectivity index (χ2v) is 11.3. The molecular formula is C31H29Cl3F2N2O4. The highest BCUT2D eigenvalue weighted by Gasteiger charge is 2.38. The molecule has 1 heterocycles. The standard InChI is InChI=1S/C31H29Cl3F2N2O4/c32-23-3-1-2-19(28(23)33)16-38(20-6-7-20)31(40)27-22(12-13-37-26(27)17-39)18-4-8-21(9-5-18)41-14-15-42-30-25(36)11-10-24(35)29(30)34/h1-5,8-11,20,26,37,39H,6-7,12-17H2. The summed E-state index contributed by atoms with van der Waals surface area (Å²) >= 11 is 18.5. The first kappa shape index (κ1) is 30.6. The van der Waals surface area contributed by atoms with Crippen LogP contribution in [0.4, 0.5) is 8.78 Å². The molecule has 0 aromatic heterocycles. The molecule has 2 aliphatic rings. The lowest BCUT2D eigenvalue weighted by atomic mass is 9.88. The van der Waals surface area contributed by atoms with Crippen LogP contribution in [0.2, 0.25) is 15.1 Å². The Hall–Kier alpha value is -2.88. The van der Waals surface area contributed by atoms with E-state index >= 15 is 0 Å². The topological polar surface area (TPSA) is 71.0 Å². The van der Waals surface area contributed by atoms with Crippen molar-refractivity contribution in [1.29, 1.82) is 0 Å². The number of aliphatic hydroxyl groups is 1. The summed E-state index contributed by atoms with van der Waals surface area (Å²) in [4.78, 5) is 15.9. The number of rotatable bonds is 11. The molecule has 11 heteroatoms. The summed E-state index contributed by atoms with van der Waals surface area (Å²) in [5.74, 6) is -1.50. The number of ether oxygens (including phenoxy) is 2. The Morgan fingerprint density at radius 1 is 0.952 bits per heavy atom. The van der Waals surface area contributed by atoms with Crippen LogP contribution in [0.3, 0.4) is 0 Å². The maximum absolute atomic E-state index is 14.1. The van der Waals surface area contributed by atoms with E-state index in [-0.39, 0.29) is 37.5 Å². The van der Waals surface area contributed by atoms with Gasteiger partial charge in [0.2, 0.25) is 0 Å². The minimum atomic E-state index is -0.772. The molecule has 0 spiro atoms. The largest absolute Gasteiger partial charge is 0.490 e. The van der Waals surface area contributed by atoms with Crippen molar-refractivity contribution in [2.45, 2.75) is 37.9 Å². The molecule has 42 heavy (non-hydrogen) atoms. The SMILES string of the molecule is O=C(C1=C(c2ccc(OCCOc3c(F)ccc(F)c3Cl)cc2)CCNC1CO)N(Cc1cccc(Cl)c1Cl)C1CC1. The van der Waals surface area contributed by atoms with E-state index in [0.717, 1.165) is 41.7 Å². The lowest BCUT2D eigenvalue weighted by Gasteiger charge is -2.33. The van der Waals surface area contributed by atoms with Gasteiger partial charge in [-0.15, -0.1) is 0 Å². The summed E-state index contributed by atoms with van der Waals surface area (Å²) < 4.78 is 38.5. The Balaban J connectivity index is 1.32. The Labute approximate surface area is 257 Å². The van der Waals surface area contributed by atoms with Crippen LogP contribution in [0.5, 0.6) is 11.5 Å². The minimum absolute atomic E-state index is 0.0524. The predicted molar refractivity (Wildman–Crippen MR) is 159 cm³/mol. The first-order valence-corrected chi connectivity index (χ1v) is 14.7. The van der Waals surface area contributed by atoms with E-state index in [0.29, 0.717) is 40.9 Å². The van der Waals surface area contributed by atoms with Gasteiger partial charge in [-0.3, -0.25) is 4.79 Å². The maximum Gasteiger partial charge on any atom is 0.252 e. The van der Waals surface area contributed by atoms with Gasteiger partial charge in [0, 0.05) is 18.2 Å². The van der Waals surface area contributed by atoms with E-state index in [1.54, 1.807) is 18.2 Å². The van der Waals surface area contributed by atoms with E-state index in [4.69, 9.17) is 44.3 Å². The molecule has 1 fully saturated rings. The van der Waals surface area contributed by atoms with Crippen LogP contribution in [0.1, 0.15) is 30.4 Å². The number of benzene rings is 3. The number of amides is 1. The molecule has 2 N–H and O–H groups in total. The van der Waals surface area contributed by atoms with Crippen molar-refractivity contribution in [2.75, 3.05) is 26.4 Å². The van der Waals surface area contributed by atoms with Gasteiger partial charge in [0.05, 0.1) is 22.7 Å². The molecule has 3 aromatic rings. The third kappa shape index (κ3) is 6.84. The fraction of sp³-hybridized carbons (Fsp3) is 0.323. The van der Waals surface area contributed by atoms with Gasteiger partial charge in [-0.25, -0.2) is 8.78 Å². The fourth-order valence-electron chi connectivity index (χ4n) is 5.01. The molecule has 1 atom stereocenters. The lowest BCUT2D eigenvalue weighted by molar-refractivity contribution is -0.128. The molecular weight excluding hydrogens is 609 g/mol. The average Bonchev–Trinajstić information content (AvgIpc) is 3.84. The van der Waals surface area contributed by atoms with E-state index < -0.39 is 22.7 Å². The molecule has 1 unspecified atom stereocenters. The van der Waals surface area contributed by atoms with Crippen molar-refractivity contribution >= 4 is 46.3 Å². The number of nitrogens with one attached hydrogen (secondary N) is 1. The molecule has 1 aliphatic carbocycles. The van der Waals surface area contributed by atoms with Crippen molar-refractivity contribution in [3.63, 3.8) is 0 Å². The molecule has 1 aliphatic heterocycles. The maximum atomic E-state index is 14.1. The van der Waals surface area contributed by atoms with Gasteiger partial charge in [-0.1, -0.05) is 59.1 Å². The number of aliphatic hydroxyl groups excluding tert-OH is 1. The van der Waals surface area contributed by atoms with Crippen molar-refractivity contribution < 1.29 is 28.2 Å². The van der Waals surface area contributed by atoms with Crippen LogP contribution in [-0.4, -0.2) is 54.4 Å². The van der Waals surface area contributed by atoms with Gasteiger partial charge in [0.25, 0.3) is 5.91 Å². The third-order valence-corrected chi connectivity index (χ3v) is 8.49. The van der Waals surface area contributed by atoms with Crippen molar-refractivity contribution in [2.24, 2.45) is 0 Å². The summed E-state index contributed by atoms with van der Waals surface area (Å²) in [6.07, 6.45) is 2.40. The van der Waals surface area contributed by atoms with Crippen LogP contribution in [0.25, 0.3) is 5.57 Å². The number of nitrogens with zero attached hydrogens (tertiary/aromatic N) is 1. The van der Waals surface area contributed by atoms with Crippen LogP contribution in [-0.2, 0) is 11.3 Å². The van der Waals surface area contributed by atoms with Crippen molar-refractivity contribution in [3.05, 3.63) is 98.0 Å². The minimum Gasteiger partial charge on any atom is -0.490 e. The number of carbonyl (C=O) groups excluding carboxylic acids is 1.